The molecule has 0 saturated heterocycles. The number of nitrogens with zero attached hydrogens (tertiary/aromatic N) is 3. The maximum Gasteiger partial charge on any atom is 0.349 e. The van der Waals surface area contributed by atoms with Crippen LogP contribution in [0.15, 0.2) is 10.9 Å². The number of aromatic amines is 1. The van der Waals surface area contributed by atoms with Gasteiger partial charge >= 0.3 is 5.69 Å². The number of rotatable bonds is 3. The molecule has 1 aliphatic carbocycles. The molecule has 0 radical (unpaired) electrons. The molecule has 2 aromatic heterocycles. The fourth-order valence-corrected chi connectivity index (χ4v) is 2.26. The van der Waals surface area contributed by atoms with Crippen molar-refractivity contribution >= 4 is 11.5 Å². The number of hydrogen-bond donors (Lipinski definition) is 2. The van der Waals surface area contributed by atoms with Crippen molar-refractivity contribution in [2.24, 2.45) is 0 Å². The Labute approximate surface area is 103 Å². The highest BCUT2D eigenvalue weighted by atomic mass is 16.5. The molecular formula is C11H15N5O2. The fourth-order valence-electron chi connectivity index (χ4n) is 2.26. The molecule has 18 heavy (non-hydrogen) atoms. The Kier molecular flexibility index (Phi) is 2.55. The van der Waals surface area contributed by atoms with Gasteiger partial charge in [0.2, 0.25) is 0 Å². The van der Waals surface area contributed by atoms with Gasteiger partial charge in [0.05, 0.1) is 6.10 Å². The molecule has 1 fully saturated rings. The second kappa shape index (κ2) is 4.09. The molecule has 2 N–H and O–H groups in total. The largest absolute Gasteiger partial charge is 0.381 e. The van der Waals surface area contributed by atoms with Crippen LogP contribution in [0.1, 0.15) is 18.7 Å². The number of H-pyrrole nitrogens is 1. The predicted octanol–water partition coefficient (Wildman–Crippen LogP) is 0.315. The van der Waals surface area contributed by atoms with E-state index < -0.39 is 0 Å². The van der Waals surface area contributed by atoms with E-state index in [2.05, 4.69) is 20.5 Å². The average molecular weight is 249 g/mol. The van der Waals surface area contributed by atoms with Gasteiger partial charge in [-0.05, 0) is 19.8 Å². The zero-order chi connectivity index (χ0) is 12.7. The third-order valence-electron chi connectivity index (χ3n) is 3.35. The van der Waals surface area contributed by atoms with Crippen molar-refractivity contribution in [1.29, 1.82) is 0 Å². The lowest BCUT2D eigenvalue weighted by atomic mass is 9.89. The van der Waals surface area contributed by atoms with E-state index in [1.807, 2.05) is 0 Å². The molecule has 1 saturated carbocycles. The molecule has 0 aromatic carbocycles. The van der Waals surface area contributed by atoms with Crippen molar-refractivity contribution in [3.63, 3.8) is 0 Å². The van der Waals surface area contributed by atoms with E-state index in [4.69, 9.17) is 4.74 Å². The first-order valence-electron chi connectivity index (χ1n) is 5.91. The van der Waals surface area contributed by atoms with Crippen LogP contribution in [0.5, 0.6) is 0 Å². The molecule has 0 atom stereocenters. The van der Waals surface area contributed by atoms with Crippen LogP contribution in [0.4, 0.5) is 5.82 Å². The highest BCUT2D eigenvalue weighted by Gasteiger charge is 2.29. The third kappa shape index (κ3) is 1.76. The molecule has 2 heterocycles. The van der Waals surface area contributed by atoms with E-state index in [0.717, 1.165) is 18.7 Å². The number of hydrogen-bond acceptors (Lipinski definition) is 5. The third-order valence-corrected chi connectivity index (χ3v) is 3.35. The van der Waals surface area contributed by atoms with Crippen molar-refractivity contribution in [2.75, 3.05) is 12.4 Å². The normalized spacial score (nSPS) is 23.0. The summed E-state index contributed by atoms with van der Waals surface area (Å²) < 4.78 is 6.68. The van der Waals surface area contributed by atoms with Crippen molar-refractivity contribution in [2.45, 2.75) is 31.9 Å². The summed E-state index contributed by atoms with van der Waals surface area (Å²) in [4.78, 5) is 15.8. The van der Waals surface area contributed by atoms with Crippen molar-refractivity contribution in [1.82, 2.24) is 19.6 Å². The minimum Gasteiger partial charge on any atom is -0.381 e. The molecular weight excluding hydrogens is 234 g/mol. The SMILES string of the molecule is COC1CC(Nc2cc3n[nH]c(=O)n3c(C)n2)C1. The fraction of sp³-hybridized carbons (Fsp3) is 0.545. The van der Waals surface area contributed by atoms with Gasteiger partial charge < -0.3 is 10.1 Å². The second-order valence-electron chi connectivity index (χ2n) is 4.58. The summed E-state index contributed by atoms with van der Waals surface area (Å²) in [5.74, 6) is 1.37. The number of aromatic nitrogens is 4. The Morgan fingerprint density at radius 1 is 1.56 bits per heavy atom. The van der Waals surface area contributed by atoms with Gasteiger partial charge in [-0.15, -0.1) is 0 Å². The summed E-state index contributed by atoms with van der Waals surface area (Å²) >= 11 is 0. The molecule has 1 aliphatic rings. The summed E-state index contributed by atoms with van der Waals surface area (Å²) in [6.45, 7) is 1.79. The van der Waals surface area contributed by atoms with Crippen molar-refractivity contribution in [3.05, 3.63) is 22.4 Å². The van der Waals surface area contributed by atoms with Gasteiger partial charge in [0.1, 0.15) is 11.6 Å². The van der Waals surface area contributed by atoms with Crippen molar-refractivity contribution in [3.8, 4) is 0 Å². The monoisotopic (exact) mass is 249 g/mol. The van der Waals surface area contributed by atoms with Crippen LogP contribution in [-0.2, 0) is 4.74 Å². The number of nitrogens with one attached hydrogen (secondary N) is 2. The van der Waals surface area contributed by atoms with Gasteiger partial charge in [-0.2, -0.15) is 5.10 Å². The second-order valence-corrected chi connectivity index (χ2v) is 4.58. The Morgan fingerprint density at radius 2 is 2.33 bits per heavy atom. The van der Waals surface area contributed by atoms with Gasteiger partial charge in [-0.25, -0.2) is 19.3 Å². The minimum atomic E-state index is -0.260. The first-order valence-corrected chi connectivity index (χ1v) is 5.91. The lowest BCUT2D eigenvalue weighted by molar-refractivity contribution is 0.0328. The zero-order valence-electron chi connectivity index (χ0n) is 10.3. The van der Waals surface area contributed by atoms with E-state index >= 15 is 0 Å². The zero-order valence-corrected chi connectivity index (χ0v) is 10.3. The maximum absolute atomic E-state index is 11.5. The van der Waals surface area contributed by atoms with Crippen LogP contribution in [0.3, 0.4) is 0 Å². The van der Waals surface area contributed by atoms with E-state index in [-0.39, 0.29) is 5.69 Å². The van der Waals surface area contributed by atoms with Crippen LogP contribution >= 0.6 is 0 Å². The van der Waals surface area contributed by atoms with Crippen LogP contribution in [0.25, 0.3) is 5.65 Å². The van der Waals surface area contributed by atoms with Gasteiger partial charge in [0, 0.05) is 19.2 Å². The van der Waals surface area contributed by atoms with E-state index in [9.17, 15) is 4.79 Å². The minimum absolute atomic E-state index is 0.260. The number of anilines is 1. The van der Waals surface area contributed by atoms with E-state index in [1.165, 1.54) is 4.40 Å². The number of fused-ring (bicyclic) bond motifs is 1. The molecule has 3 rings (SSSR count). The molecule has 0 amide bonds. The van der Waals surface area contributed by atoms with Gasteiger partial charge in [-0.3, -0.25) is 0 Å². The van der Waals surface area contributed by atoms with Crippen LogP contribution < -0.4 is 11.0 Å². The van der Waals surface area contributed by atoms with Crippen LogP contribution in [-0.4, -0.2) is 38.8 Å². The lowest BCUT2D eigenvalue weighted by Gasteiger charge is -2.34. The standard InChI is InChI=1S/C11H15N5O2/c1-6-12-9(13-7-3-8(4-7)18-2)5-10-14-15-11(17)16(6)10/h5,7-8,13H,3-4H2,1-2H3,(H,15,17). The summed E-state index contributed by atoms with van der Waals surface area (Å²) in [5.41, 5.74) is 0.322. The van der Waals surface area contributed by atoms with Crippen LogP contribution in [0.2, 0.25) is 0 Å². The van der Waals surface area contributed by atoms with E-state index in [1.54, 1.807) is 20.1 Å². The summed E-state index contributed by atoms with van der Waals surface area (Å²) in [7, 11) is 1.73. The molecule has 7 nitrogen and oxygen atoms in total. The predicted molar refractivity (Wildman–Crippen MR) is 65.8 cm³/mol. The first kappa shape index (κ1) is 11.2. The Hall–Kier alpha value is -1.89. The number of aryl methyl sites for hydroxylation is 1. The van der Waals surface area contributed by atoms with Crippen molar-refractivity contribution < 1.29 is 4.74 Å². The molecule has 0 bridgehead atoms. The molecule has 0 unspecified atom stereocenters. The lowest BCUT2D eigenvalue weighted by Crippen LogP contribution is -2.40. The highest BCUT2D eigenvalue weighted by molar-refractivity contribution is 5.50. The number of ether oxygens (including phenoxy) is 1. The Balaban J connectivity index is 1.83. The van der Waals surface area contributed by atoms with Gasteiger partial charge in [-0.1, -0.05) is 0 Å². The Bertz CT molecular complexity index is 626. The Morgan fingerprint density at radius 3 is 3.06 bits per heavy atom. The first-order chi connectivity index (χ1) is 8.67. The van der Waals surface area contributed by atoms with Gasteiger partial charge in [0.15, 0.2) is 5.65 Å². The number of methoxy groups -OCH3 is 1. The summed E-state index contributed by atoms with van der Waals surface area (Å²) in [5, 5.41) is 9.68. The van der Waals surface area contributed by atoms with Crippen LogP contribution in [0, 0.1) is 6.92 Å². The highest BCUT2D eigenvalue weighted by Crippen LogP contribution is 2.25. The van der Waals surface area contributed by atoms with Gasteiger partial charge in [0.25, 0.3) is 0 Å². The topological polar surface area (TPSA) is 84.3 Å². The molecule has 96 valence electrons. The molecule has 0 aliphatic heterocycles. The van der Waals surface area contributed by atoms with E-state index in [0.29, 0.717) is 23.6 Å². The smallest absolute Gasteiger partial charge is 0.349 e. The molecule has 2 aromatic rings. The summed E-state index contributed by atoms with van der Waals surface area (Å²) in [6, 6.07) is 2.15. The quantitative estimate of drug-likeness (QED) is 0.818. The molecule has 0 spiro atoms. The maximum atomic E-state index is 11.5. The average Bonchev–Trinajstić information content (AvgIpc) is 2.65. The molecule has 7 heteroatoms. The summed E-state index contributed by atoms with van der Waals surface area (Å²) in [6.07, 6.45) is 2.31.